The van der Waals surface area contributed by atoms with Crippen LogP contribution in [0.4, 0.5) is 0 Å². The zero-order valence-corrected chi connectivity index (χ0v) is 10.5. The third kappa shape index (κ3) is 12.9. The van der Waals surface area contributed by atoms with Crippen LogP contribution in [-0.2, 0) is 19.1 Å². The SMILES string of the molecule is COC(=O)C(C)C.COC(=O)CC(C)C. The number of esters is 2. The number of hydrogen-bond donors (Lipinski definition) is 0. The van der Waals surface area contributed by atoms with Crippen molar-refractivity contribution in [3.05, 3.63) is 0 Å². The second kappa shape index (κ2) is 9.49. The smallest absolute Gasteiger partial charge is 0.308 e. The molecular formula is C11H22O4. The molecule has 0 atom stereocenters. The lowest BCUT2D eigenvalue weighted by molar-refractivity contribution is -0.144. The van der Waals surface area contributed by atoms with Crippen molar-refractivity contribution >= 4 is 11.9 Å². The summed E-state index contributed by atoms with van der Waals surface area (Å²) in [6.07, 6.45) is 0.524. The minimum atomic E-state index is -0.153. The molecule has 0 unspecified atom stereocenters. The summed E-state index contributed by atoms with van der Waals surface area (Å²) >= 11 is 0. The highest BCUT2D eigenvalue weighted by atomic mass is 16.5. The number of hydrogen-bond acceptors (Lipinski definition) is 4. The van der Waals surface area contributed by atoms with Gasteiger partial charge in [-0.2, -0.15) is 0 Å². The summed E-state index contributed by atoms with van der Waals surface area (Å²) < 4.78 is 8.79. The van der Waals surface area contributed by atoms with E-state index in [0.717, 1.165) is 0 Å². The lowest BCUT2D eigenvalue weighted by Crippen LogP contribution is -2.07. The molecule has 0 radical (unpaired) electrons. The molecule has 0 aromatic carbocycles. The standard InChI is InChI=1S/C6H12O2.C5H10O2/c1-5(2)4-6(7)8-3;1-4(2)5(6)7-3/h5H,4H2,1-3H3;4H,1-3H3. The summed E-state index contributed by atoms with van der Waals surface area (Å²) in [7, 11) is 2.80. The Balaban J connectivity index is 0. The van der Waals surface area contributed by atoms with Gasteiger partial charge in [-0.15, -0.1) is 0 Å². The van der Waals surface area contributed by atoms with Crippen molar-refractivity contribution in [2.24, 2.45) is 11.8 Å². The first kappa shape index (κ1) is 16.4. The van der Waals surface area contributed by atoms with E-state index in [4.69, 9.17) is 0 Å². The number of ether oxygens (including phenoxy) is 2. The number of methoxy groups -OCH3 is 2. The molecule has 0 fully saturated rings. The second-order valence-electron chi connectivity index (χ2n) is 3.85. The van der Waals surface area contributed by atoms with Gasteiger partial charge < -0.3 is 9.47 Å². The Hall–Kier alpha value is -1.06. The summed E-state index contributed by atoms with van der Waals surface area (Å²) in [5.74, 6) is 0.132. The van der Waals surface area contributed by atoms with E-state index in [9.17, 15) is 9.59 Å². The molecule has 0 heterocycles. The average molecular weight is 218 g/mol. The predicted octanol–water partition coefficient (Wildman–Crippen LogP) is 2.02. The molecule has 0 aromatic rings. The number of carbonyl (C=O) groups is 2. The molecule has 0 aliphatic carbocycles. The monoisotopic (exact) mass is 218 g/mol. The Morgan fingerprint density at radius 2 is 1.47 bits per heavy atom. The van der Waals surface area contributed by atoms with Gasteiger partial charge in [0, 0.05) is 6.42 Å². The van der Waals surface area contributed by atoms with E-state index in [-0.39, 0.29) is 17.9 Å². The van der Waals surface area contributed by atoms with Gasteiger partial charge in [-0.05, 0) is 5.92 Å². The highest BCUT2D eigenvalue weighted by Gasteiger charge is 2.03. The van der Waals surface area contributed by atoms with Crippen LogP contribution in [0, 0.1) is 11.8 Å². The molecule has 0 N–H and O–H groups in total. The average Bonchev–Trinajstić information content (AvgIpc) is 2.16. The number of rotatable bonds is 3. The van der Waals surface area contributed by atoms with Crippen LogP contribution in [0.1, 0.15) is 34.1 Å². The first-order valence-corrected chi connectivity index (χ1v) is 4.99. The molecule has 0 aliphatic heterocycles. The molecule has 15 heavy (non-hydrogen) atoms. The molecule has 4 heteroatoms. The largest absolute Gasteiger partial charge is 0.469 e. The van der Waals surface area contributed by atoms with E-state index < -0.39 is 0 Å². The predicted molar refractivity (Wildman–Crippen MR) is 58.3 cm³/mol. The molecule has 0 bridgehead atoms. The van der Waals surface area contributed by atoms with Crippen molar-refractivity contribution in [1.29, 1.82) is 0 Å². The topological polar surface area (TPSA) is 52.6 Å². The highest BCUT2D eigenvalue weighted by Crippen LogP contribution is 1.98. The molecule has 0 spiro atoms. The fourth-order valence-electron chi connectivity index (χ4n) is 0.652. The molecule has 0 saturated carbocycles. The molecule has 0 amide bonds. The van der Waals surface area contributed by atoms with Crippen LogP contribution in [0.2, 0.25) is 0 Å². The van der Waals surface area contributed by atoms with Gasteiger partial charge >= 0.3 is 11.9 Å². The maximum atomic E-state index is 10.4. The third-order valence-electron chi connectivity index (χ3n) is 1.48. The molecule has 0 rings (SSSR count). The quantitative estimate of drug-likeness (QED) is 0.680. The summed E-state index contributed by atoms with van der Waals surface area (Å²) in [6, 6.07) is 0. The molecule has 4 nitrogen and oxygen atoms in total. The Kier molecular flexibility index (Phi) is 10.4. The summed E-state index contributed by atoms with van der Waals surface area (Å²) in [5.41, 5.74) is 0. The van der Waals surface area contributed by atoms with Crippen LogP contribution in [0.15, 0.2) is 0 Å². The van der Waals surface area contributed by atoms with E-state index in [1.54, 1.807) is 13.8 Å². The van der Waals surface area contributed by atoms with Crippen molar-refractivity contribution in [2.45, 2.75) is 34.1 Å². The van der Waals surface area contributed by atoms with Crippen LogP contribution < -0.4 is 0 Å². The van der Waals surface area contributed by atoms with Crippen molar-refractivity contribution < 1.29 is 19.1 Å². The highest BCUT2D eigenvalue weighted by molar-refractivity contribution is 5.71. The zero-order chi connectivity index (χ0) is 12.4. The maximum absolute atomic E-state index is 10.4. The normalized spacial score (nSPS) is 9.33. The van der Waals surface area contributed by atoms with Gasteiger partial charge in [-0.25, -0.2) is 0 Å². The van der Waals surface area contributed by atoms with Crippen molar-refractivity contribution in [3.8, 4) is 0 Å². The Labute approximate surface area is 91.9 Å². The summed E-state index contributed by atoms with van der Waals surface area (Å²) in [4.78, 5) is 20.7. The van der Waals surface area contributed by atoms with Crippen LogP contribution in [0.25, 0.3) is 0 Å². The molecule has 90 valence electrons. The van der Waals surface area contributed by atoms with Crippen LogP contribution >= 0.6 is 0 Å². The van der Waals surface area contributed by atoms with Crippen LogP contribution in [-0.4, -0.2) is 26.2 Å². The molecule has 0 aromatic heterocycles. The molecular weight excluding hydrogens is 196 g/mol. The van der Waals surface area contributed by atoms with Crippen LogP contribution in [0.5, 0.6) is 0 Å². The zero-order valence-electron chi connectivity index (χ0n) is 10.5. The van der Waals surface area contributed by atoms with Gasteiger partial charge in [0.25, 0.3) is 0 Å². The lowest BCUT2D eigenvalue weighted by atomic mass is 10.1. The first-order valence-electron chi connectivity index (χ1n) is 4.99. The van der Waals surface area contributed by atoms with Crippen molar-refractivity contribution in [3.63, 3.8) is 0 Å². The first-order chi connectivity index (χ1) is 6.84. The summed E-state index contributed by atoms with van der Waals surface area (Å²) in [6.45, 7) is 7.56. The minimum Gasteiger partial charge on any atom is -0.469 e. The molecule has 0 saturated heterocycles. The van der Waals surface area contributed by atoms with Gasteiger partial charge in [0.2, 0.25) is 0 Å². The molecule has 0 aliphatic rings. The van der Waals surface area contributed by atoms with Gasteiger partial charge in [0.05, 0.1) is 20.1 Å². The maximum Gasteiger partial charge on any atom is 0.308 e. The number of carbonyl (C=O) groups excluding carboxylic acids is 2. The van der Waals surface area contributed by atoms with Crippen LogP contribution in [0.3, 0.4) is 0 Å². The van der Waals surface area contributed by atoms with Gasteiger partial charge in [-0.3, -0.25) is 9.59 Å². The third-order valence-corrected chi connectivity index (χ3v) is 1.48. The van der Waals surface area contributed by atoms with Crippen molar-refractivity contribution in [2.75, 3.05) is 14.2 Å². The van der Waals surface area contributed by atoms with Gasteiger partial charge in [0.1, 0.15) is 0 Å². The lowest BCUT2D eigenvalue weighted by Gasteiger charge is -1.99. The fourth-order valence-corrected chi connectivity index (χ4v) is 0.652. The Morgan fingerprint density at radius 1 is 1.00 bits per heavy atom. The minimum absolute atomic E-state index is 0.00463. The Morgan fingerprint density at radius 3 is 1.53 bits per heavy atom. The Bertz CT molecular complexity index is 185. The van der Waals surface area contributed by atoms with Crippen molar-refractivity contribution in [1.82, 2.24) is 0 Å². The van der Waals surface area contributed by atoms with Gasteiger partial charge in [0.15, 0.2) is 0 Å². The van der Waals surface area contributed by atoms with Gasteiger partial charge in [-0.1, -0.05) is 27.7 Å². The second-order valence-corrected chi connectivity index (χ2v) is 3.85. The van der Waals surface area contributed by atoms with E-state index in [0.29, 0.717) is 12.3 Å². The van der Waals surface area contributed by atoms with E-state index in [2.05, 4.69) is 9.47 Å². The fraction of sp³-hybridized carbons (Fsp3) is 0.818. The van der Waals surface area contributed by atoms with E-state index >= 15 is 0 Å². The van der Waals surface area contributed by atoms with E-state index in [1.807, 2.05) is 13.8 Å². The summed E-state index contributed by atoms with van der Waals surface area (Å²) in [5, 5.41) is 0. The van der Waals surface area contributed by atoms with E-state index in [1.165, 1.54) is 14.2 Å².